The number of nitrogens with zero attached hydrogens (tertiary/aromatic N) is 2. The van der Waals surface area contributed by atoms with Crippen LogP contribution in [0.4, 0.5) is 0 Å². The summed E-state index contributed by atoms with van der Waals surface area (Å²) in [6, 6.07) is 0.402. The molecule has 5 nitrogen and oxygen atoms in total. The van der Waals surface area contributed by atoms with Crippen molar-refractivity contribution in [1.29, 1.82) is 0 Å². The number of carbonyl (C=O) groups is 1. The molecule has 0 aromatic carbocycles. The van der Waals surface area contributed by atoms with Crippen LogP contribution in [0.15, 0.2) is 17.2 Å². The van der Waals surface area contributed by atoms with E-state index in [9.17, 15) is 9.59 Å². The molecule has 2 rings (SSSR count). The van der Waals surface area contributed by atoms with Gasteiger partial charge in [0.1, 0.15) is 0 Å². The second-order valence-corrected chi connectivity index (χ2v) is 3.84. The fourth-order valence-electron chi connectivity index (χ4n) is 1.58. The van der Waals surface area contributed by atoms with Crippen molar-refractivity contribution in [2.75, 3.05) is 7.05 Å². The average molecular weight is 209 g/mol. The van der Waals surface area contributed by atoms with Crippen molar-refractivity contribution in [3.63, 3.8) is 0 Å². The van der Waals surface area contributed by atoms with E-state index in [1.807, 2.05) is 6.20 Å². The number of hydrogen-bond donors (Lipinski definition) is 1. The Morgan fingerprint density at radius 3 is 2.87 bits per heavy atom. The first kappa shape index (κ1) is 10.0. The molecule has 0 radical (unpaired) electrons. The molecule has 0 unspecified atom stereocenters. The SMILES string of the molecule is CNC(=O)CCn1ccn(C2CC2)c1=O. The lowest BCUT2D eigenvalue weighted by Gasteiger charge is -2.00. The van der Waals surface area contributed by atoms with Crippen LogP contribution in [0.25, 0.3) is 0 Å². The average Bonchev–Trinajstić information content (AvgIpc) is 3.01. The Morgan fingerprint density at radius 1 is 1.53 bits per heavy atom. The molecule has 1 fully saturated rings. The molecule has 15 heavy (non-hydrogen) atoms. The molecule has 1 aromatic heterocycles. The molecular weight excluding hydrogens is 194 g/mol. The number of rotatable bonds is 4. The summed E-state index contributed by atoms with van der Waals surface area (Å²) in [5, 5.41) is 2.54. The molecule has 1 aliphatic carbocycles. The lowest BCUT2D eigenvalue weighted by Crippen LogP contribution is -2.26. The van der Waals surface area contributed by atoms with Crippen LogP contribution < -0.4 is 11.0 Å². The van der Waals surface area contributed by atoms with E-state index in [1.165, 1.54) is 0 Å². The molecule has 1 saturated carbocycles. The third kappa shape index (κ3) is 2.11. The molecule has 1 N–H and O–H groups in total. The lowest BCUT2D eigenvalue weighted by atomic mass is 10.4. The Balaban J connectivity index is 2.02. The second-order valence-electron chi connectivity index (χ2n) is 3.84. The molecule has 5 heteroatoms. The van der Waals surface area contributed by atoms with Crippen molar-refractivity contribution in [2.24, 2.45) is 0 Å². The first-order valence-corrected chi connectivity index (χ1v) is 5.20. The highest BCUT2D eigenvalue weighted by Crippen LogP contribution is 2.33. The minimum atomic E-state index is -0.0407. The predicted octanol–water partition coefficient (Wildman–Crippen LogP) is 0.121. The highest BCUT2D eigenvalue weighted by atomic mass is 16.2. The van der Waals surface area contributed by atoms with Gasteiger partial charge in [-0.15, -0.1) is 0 Å². The summed E-state index contributed by atoms with van der Waals surface area (Å²) < 4.78 is 3.34. The van der Waals surface area contributed by atoms with Crippen LogP contribution >= 0.6 is 0 Å². The Bertz CT molecular complexity index is 415. The van der Waals surface area contributed by atoms with Gasteiger partial charge in [0.05, 0.1) is 0 Å². The topological polar surface area (TPSA) is 56.0 Å². The summed E-state index contributed by atoms with van der Waals surface area (Å²) in [5.74, 6) is -0.0407. The first-order chi connectivity index (χ1) is 7.22. The van der Waals surface area contributed by atoms with Crippen molar-refractivity contribution in [2.45, 2.75) is 31.8 Å². The predicted molar refractivity (Wildman–Crippen MR) is 55.6 cm³/mol. The van der Waals surface area contributed by atoms with Gasteiger partial charge in [-0.1, -0.05) is 0 Å². The Labute approximate surface area is 87.7 Å². The van der Waals surface area contributed by atoms with Gasteiger partial charge in [0, 0.05) is 38.4 Å². The molecule has 82 valence electrons. The van der Waals surface area contributed by atoms with Gasteiger partial charge >= 0.3 is 5.69 Å². The van der Waals surface area contributed by atoms with Crippen LogP contribution in [0.5, 0.6) is 0 Å². The molecule has 1 aliphatic rings. The quantitative estimate of drug-likeness (QED) is 0.765. The standard InChI is InChI=1S/C10H15N3O2/c1-11-9(14)4-5-12-6-7-13(10(12)15)8-2-3-8/h6-8H,2-5H2,1H3,(H,11,14). The number of imidazole rings is 1. The zero-order valence-corrected chi connectivity index (χ0v) is 8.77. The summed E-state index contributed by atoms with van der Waals surface area (Å²) in [6.45, 7) is 0.457. The maximum atomic E-state index is 11.7. The summed E-state index contributed by atoms with van der Waals surface area (Å²) in [4.78, 5) is 22.8. The fraction of sp³-hybridized carbons (Fsp3) is 0.600. The molecule has 0 aliphatic heterocycles. The molecule has 1 amide bonds. The van der Waals surface area contributed by atoms with E-state index in [2.05, 4.69) is 5.32 Å². The monoisotopic (exact) mass is 209 g/mol. The second kappa shape index (κ2) is 3.92. The zero-order chi connectivity index (χ0) is 10.8. The molecule has 0 bridgehead atoms. The van der Waals surface area contributed by atoms with E-state index in [1.54, 1.807) is 22.4 Å². The molecule has 0 spiro atoms. The third-order valence-corrected chi connectivity index (χ3v) is 2.67. The molecule has 0 saturated heterocycles. The van der Waals surface area contributed by atoms with Crippen LogP contribution in [-0.2, 0) is 11.3 Å². The Kier molecular flexibility index (Phi) is 2.62. The molecule has 1 heterocycles. The van der Waals surface area contributed by atoms with Crippen molar-refractivity contribution in [1.82, 2.24) is 14.5 Å². The van der Waals surface area contributed by atoms with Crippen molar-refractivity contribution >= 4 is 5.91 Å². The van der Waals surface area contributed by atoms with Gasteiger partial charge in [0.15, 0.2) is 0 Å². The summed E-state index contributed by atoms with van der Waals surface area (Å²) in [5.41, 5.74) is 0.00130. The number of carbonyl (C=O) groups excluding carboxylic acids is 1. The Morgan fingerprint density at radius 2 is 2.27 bits per heavy atom. The third-order valence-electron chi connectivity index (χ3n) is 2.67. The maximum Gasteiger partial charge on any atom is 0.328 e. The van der Waals surface area contributed by atoms with E-state index < -0.39 is 0 Å². The minimum Gasteiger partial charge on any atom is -0.359 e. The van der Waals surface area contributed by atoms with Gasteiger partial charge in [0.25, 0.3) is 0 Å². The van der Waals surface area contributed by atoms with Crippen LogP contribution in [0.2, 0.25) is 0 Å². The maximum absolute atomic E-state index is 11.7. The van der Waals surface area contributed by atoms with Crippen LogP contribution in [0, 0.1) is 0 Å². The number of aromatic nitrogens is 2. The molecular formula is C10H15N3O2. The minimum absolute atomic E-state index is 0.00130. The van der Waals surface area contributed by atoms with Crippen molar-refractivity contribution in [3.8, 4) is 0 Å². The zero-order valence-electron chi connectivity index (χ0n) is 8.77. The van der Waals surface area contributed by atoms with Crippen molar-refractivity contribution in [3.05, 3.63) is 22.9 Å². The van der Waals surface area contributed by atoms with Gasteiger partial charge in [-0.2, -0.15) is 0 Å². The molecule has 1 aromatic rings. The first-order valence-electron chi connectivity index (χ1n) is 5.20. The largest absolute Gasteiger partial charge is 0.359 e. The number of nitrogens with one attached hydrogen (secondary N) is 1. The highest BCUT2D eigenvalue weighted by Gasteiger charge is 2.25. The van der Waals surface area contributed by atoms with E-state index in [0.717, 1.165) is 12.8 Å². The number of amides is 1. The number of aryl methyl sites for hydroxylation is 1. The number of hydrogen-bond acceptors (Lipinski definition) is 2. The van der Waals surface area contributed by atoms with Gasteiger partial charge in [0.2, 0.25) is 5.91 Å². The van der Waals surface area contributed by atoms with Gasteiger partial charge in [-0.05, 0) is 12.8 Å². The van der Waals surface area contributed by atoms with E-state index in [0.29, 0.717) is 19.0 Å². The van der Waals surface area contributed by atoms with E-state index in [-0.39, 0.29) is 11.6 Å². The van der Waals surface area contributed by atoms with Gasteiger partial charge < -0.3 is 5.32 Å². The molecule has 0 atom stereocenters. The smallest absolute Gasteiger partial charge is 0.328 e. The normalized spacial score (nSPS) is 15.3. The fourth-order valence-corrected chi connectivity index (χ4v) is 1.58. The Hall–Kier alpha value is -1.52. The van der Waals surface area contributed by atoms with Crippen LogP contribution in [-0.4, -0.2) is 22.1 Å². The van der Waals surface area contributed by atoms with E-state index >= 15 is 0 Å². The summed E-state index contributed by atoms with van der Waals surface area (Å²) >= 11 is 0. The van der Waals surface area contributed by atoms with Crippen LogP contribution in [0.3, 0.4) is 0 Å². The summed E-state index contributed by atoms with van der Waals surface area (Å²) in [6.07, 6.45) is 6.11. The van der Waals surface area contributed by atoms with E-state index in [4.69, 9.17) is 0 Å². The highest BCUT2D eigenvalue weighted by molar-refractivity contribution is 5.75. The van der Waals surface area contributed by atoms with Crippen molar-refractivity contribution < 1.29 is 4.79 Å². The van der Waals surface area contributed by atoms with Gasteiger partial charge in [-0.25, -0.2) is 4.79 Å². The summed E-state index contributed by atoms with van der Waals surface area (Å²) in [7, 11) is 1.60. The van der Waals surface area contributed by atoms with Crippen LogP contribution in [0.1, 0.15) is 25.3 Å². The lowest BCUT2D eigenvalue weighted by molar-refractivity contribution is -0.120. The van der Waals surface area contributed by atoms with Gasteiger partial charge in [-0.3, -0.25) is 13.9 Å².